The first-order valence-corrected chi connectivity index (χ1v) is 37.4. The molecule has 1 aromatic rings. The average molecular weight is 1440 g/mol. The molecule has 7 aliphatic rings. The third kappa shape index (κ3) is 19.4. The quantitative estimate of drug-likeness (QED) is 0.237. The maximum Gasteiger partial charge on any atom is 0.417 e. The summed E-state index contributed by atoms with van der Waals surface area (Å²) in [6.07, 6.45) is 9.07. The third-order valence-corrected chi connectivity index (χ3v) is 23.5. The average Bonchev–Trinajstić information content (AvgIpc) is 1.76. The molecule has 24 nitrogen and oxygen atoms in total. The number of hydrogen-bond donors (Lipinski definition) is 3. The highest BCUT2D eigenvalue weighted by atomic mass is 35.5. The van der Waals surface area contributed by atoms with E-state index in [0.717, 1.165) is 86.1 Å². The van der Waals surface area contributed by atoms with E-state index in [0.29, 0.717) is 82.9 Å². The largest absolute Gasteiger partial charge is 0.417 e. The molecule has 101 heavy (non-hydrogen) atoms. The van der Waals surface area contributed by atoms with Crippen molar-refractivity contribution in [2.45, 2.75) is 241 Å². The van der Waals surface area contributed by atoms with Crippen LogP contribution in [0.3, 0.4) is 0 Å². The number of rotatable bonds is 10. The summed E-state index contributed by atoms with van der Waals surface area (Å²) >= 11 is 6.17. The van der Waals surface area contributed by atoms with Gasteiger partial charge in [0.2, 0.25) is 70.9 Å². The van der Waals surface area contributed by atoms with E-state index in [1.807, 2.05) is 6.92 Å². The van der Waals surface area contributed by atoms with Gasteiger partial charge in [0.1, 0.15) is 47.8 Å². The standard InChI is InChI=1S/C73H110ClF3N12O12/c1-10-46(2)61-69(99)83(5)44-59(92)81(3)45-60(93)84(6)55(41-47-24-14-11-15-25-47)67(97)82(4)43-57(90)78-53(34-32-48-31-33-51(52(74)40-48)73(75,76)77)66(96)89-39-23-30-54(89)64(94)80-72(35-18-19-36-72)71(101)87(9)63(50-26-16-12-17-27-50)70(100)85(7)56(68(98)88-37-20-13-21-38-88)42-58(91)86(8)62(65(95)79-61)49-28-22-29-49/h31,33,40,46-47,49-50,53-56,61-63H,10-30,32,34-39,41-45H2,1-9H3,(H,78,90)(H,79,95)(H,80,94)/t46-,53-,54-,55-,56-,61-,62-,63-/m0/s1. The van der Waals surface area contributed by atoms with Gasteiger partial charge in [-0.25, -0.2) is 0 Å². The summed E-state index contributed by atoms with van der Waals surface area (Å²) in [5, 5.41) is 8.25. The number of hydrogen-bond acceptors (Lipinski definition) is 12. The number of piperidine rings is 1. The Kier molecular flexibility index (Phi) is 27.9. The lowest BCUT2D eigenvalue weighted by atomic mass is 9.78. The third-order valence-electron chi connectivity index (χ3n) is 23.2. The van der Waals surface area contributed by atoms with E-state index in [1.54, 1.807) is 11.8 Å². The maximum absolute atomic E-state index is 15.8. The van der Waals surface area contributed by atoms with E-state index >= 15 is 28.8 Å². The SMILES string of the molecule is CC[C@H](C)[C@@H]1NC(=O)[C@H](C2CCC2)N(C)C(=O)C[C@@H](C(=O)N2CCCCC2)N(C)C(=O)[C@H](C2CCCCC2)N(C)C(=O)C2(CCCC2)NC(=O)[C@@H]2CCCN2C(=O)[C@H](CCc2ccc(C(F)(F)F)c(Cl)c2)NC(=O)CN(C)C(=O)[C@H](CC2CCCCC2)N(C)C(=O)CN(C)C(=O)CN(C)C1=O. The van der Waals surface area contributed by atoms with E-state index in [4.69, 9.17) is 11.6 Å². The van der Waals surface area contributed by atoms with E-state index in [9.17, 15) is 41.9 Å². The topological polar surface area (TPSA) is 270 Å². The van der Waals surface area contributed by atoms with Crippen molar-refractivity contribution in [3.8, 4) is 0 Å². The fraction of sp³-hybridized carbons (Fsp3) is 0.753. The molecule has 4 aliphatic carbocycles. The number of fused-ring (bicyclic) bond motifs is 1. The first-order chi connectivity index (χ1) is 47.9. The van der Waals surface area contributed by atoms with E-state index in [1.165, 1.54) is 84.8 Å². The fourth-order valence-corrected chi connectivity index (χ4v) is 16.7. The lowest BCUT2D eigenvalue weighted by Crippen LogP contribution is -2.65. The van der Waals surface area contributed by atoms with Gasteiger partial charge in [-0.3, -0.25) is 57.5 Å². The normalized spacial score (nSPS) is 27.6. The Morgan fingerprint density at radius 2 is 1.19 bits per heavy atom. The van der Waals surface area contributed by atoms with Crippen molar-refractivity contribution in [2.75, 3.05) is 88.6 Å². The second kappa shape index (κ2) is 35.4. The summed E-state index contributed by atoms with van der Waals surface area (Å²) in [6, 6.07) is -5.37. The monoisotopic (exact) mass is 1440 g/mol. The highest BCUT2D eigenvalue weighted by molar-refractivity contribution is 6.31. The molecule has 3 aliphatic heterocycles. The van der Waals surface area contributed by atoms with E-state index in [2.05, 4.69) is 16.0 Å². The molecule has 8 atom stereocenters. The molecule has 12 amide bonds. The van der Waals surface area contributed by atoms with Crippen molar-refractivity contribution in [3.05, 3.63) is 34.3 Å². The Balaban J connectivity index is 1.17. The van der Waals surface area contributed by atoms with Gasteiger partial charge in [0, 0.05) is 69.0 Å². The molecule has 3 N–H and O–H groups in total. The number of nitrogens with zero attached hydrogens (tertiary/aromatic N) is 9. The lowest BCUT2D eigenvalue weighted by Gasteiger charge is -2.44. The van der Waals surface area contributed by atoms with Crippen LogP contribution in [0.1, 0.15) is 192 Å². The van der Waals surface area contributed by atoms with E-state index < -0.39 is 173 Å². The zero-order valence-corrected chi connectivity index (χ0v) is 61.6. The van der Waals surface area contributed by atoms with Gasteiger partial charge in [-0.15, -0.1) is 0 Å². The van der Waals surface area contributed by atoms with Crippen LogP contribution in [0.5, 0.6) is 0 Å². The predicted octanol–water partition coefficient (Wildman–Crippen LogP) is 6.18. The van der Waals surface area contributed by atoms with Crippen molar-refractivity contribution >= 4 is 82.5 Å². The number of nitrogens with one attached hydrogen (secondary N) is 3. The van der Waals surface area contributed by atoms with Crippen LogP contribution in [0.2, 0.25) is 5.02 Å². The highest BCUT2D eigenvalue weighted by Crippen LogP contribution is 2.39. The Labute approximate surface area is 598 Å². The second-order valence-electron chi connectivity index (χ2n) is 30.2. The van der Waals surface area contributed by atoms with Crippen molar-refractivity contribution in [2.24, 2.45) is 23.7 Å². The van der Waals surface area contributed by atoms with Gasteiger partial charge in [0.25, 0.3) is 0 Å². The number of likely N-dealkylation sites (tertiary alicyclic amines) is 1. The van der Waals surface area contributed by atoms with Crippen LogP contribution in [0.15, 0.2) is 18.2 Å². The lowest BCUT2D eigenvalue weighted by molar-refractivity contribution is -0.157. The minimum absolute atomic E-state index is 0.0230. The smallest absolute Gasteiger partial charge is 0.343 e. The number of benzene rings is 1. The Morgan fingerprint density at radius 1 is 0.594 bits per heavy atom. The summed E-state index contributed by atoms with van der Waals surface area (Å²) in [5.41, 5.74) is -2.33. The van der Waals surface area contributed by atoms with Crippen LogP contribution < -0.4 is 16.0 Å². The molecule has 0 unspecified atom stereocenters. The number of aryl methyl sites for hydroxylation is 1. The Morgan fingerprint density at radius 3 is 1.79 bits per heavy atom. The Hall–Kier alpha value is -7.06. The first-order valence-electron chi connectivity index (χ1n) is 37.0. The van der Waals surface area contributed by atoms with Crippen molar-refractivity contribution in [3.63, 3.8) is 0 Å². The zero-order chi connectivity index (χ0) is 73.8. The number of alkyl halides is 3. The molecule has 4 saturated carbocycles. The summed E-state index contributed by atoms with van der Waals surface area (Å²) in [6.45, 7) is 2.79. The van der Waals surface area contributed by atoms with Gasteiger partial charge in [0.05, 0.1) is 36.6 Å². The van der Waals surface area contributed by atoms with Crippen molar-refractivity contribution in [1.82, 2.24) is 60.0 Å². The van der Waals surface area contributed by atoms with Crippen molar-refractivity contribution < 1.29 is 70.7 Å². The highest BCUT2D eigenvalue weighted by Gasteiger charge is 2.52. The van der Waals surface area contributed by atoms with Crippen LogP contribution >= 0.6 is 11.6 Å². The minimum Gasteiger partial charge on any atom is -0.343 e. The molecule has 0 bridgehead atoms. The molecule has 28 heteroatoms. The van der Waals surface area contributed by atoms with Crippen LogP contribution in [0.25, 0.3) is 0 Å². The second-order valence-corrected chi connectivity index (χ2v) is 30.6. The number of halogens is 4. The summed E-state index contributed by atoms with van der Waals surface area (Å²) in [4.78, 5) is 192. The number of carbonyl (C=O) groups is 12. The molecular formula is C73H110ClF3N12O12. The predicted molar refractivity (Wildman–Crippen MR) is 371 cm³/mol. The summed E-state index contributed by atoms with van der Waals surface area (Å²) in [5.74, 6) is -8.64. The number of carbonyl (C=O) groups excluding carboxylic acids is 12. The molecule has 3 saturated heterocycles. The number of likely N-dealkylation sites (N-methyl/N-ethyl adjacent to an activating group) is 7. The zero-order valence-electron chi connectivity index (χ0n) is 60.9. The van der Waals surface area contributed by atoms with Gasteiger partial charge in [-0.1, -0.05) is 109 Å². The fourth-order valence-electron chi connectivity index (χ4n) is 16.4. The minimum atomic E-state index is -4.76. The Bertz CT molecular complexity index is 3170. The van der Waals surface area contributed by atoms with Gasteiger partial charge in [-0.2, -0.15) is 13.2 Å². The maximum atomic E-state index is 15.8. The van der Waals surface area contributed by atoms with Gasteiger partial charge in [-0.05, 0) is 131 Å². The first kappa shape index (κ1) is 79.6. The molecule has 562 valence electrons. The molecule has 0 radical (unpaired) electrons. The molecule has 7 fully saturated rings. The number of amides is 12. The van der Waals surface area contributed by atoms with Crippen LogP contribution in [-0.4, -0.2) is 251 Å². The molecular weight excluding hydrogens is 1330 g/mol. The van der Waals surface area contributed by atoms with Gasteiger partial charge in [0.15, 0.2) is 0 Å². The molecule has 1 spiro atoms. The van der Waals surface area contributed by atoms with Crippen LogP contribution in [-0.2, 0) is 70.1 Å². The van der Waals surface area contributed by atoms with Crippen molar-refractivity contribution in [1.29, 1.82) is 0 Å². The van der Waals surface area contributed by atoms with Gasteiger partial charge < -0.3 is 60.0 Å². The molecule has 8 rings (SSSR count). The molecule has 1 aromatic carbocycles. The van der Waals surface area contributed by atoms with E-state index in [-0.39, 0.29) is 56.9 Å². The van der Waals surface area contributed by atoms with Crippen LogP contribution in [0, 0.1) is 23.7 Å². The summed E-state index contributed by atoms with van der Waals surface area (Å²) < 4.78 is 41.7. The van der Waals surface area contributed by atoms with Gasteiger partial charge >= 0.3 is 6.18 Å². The molecule has 0 aromatic heterocycles. The molecule has 3 heterocycles. The van der Waals surface area contributed by atoms with Crippen LogP contribution in [0.4, 0.5) is 13.2 Å². The summed E-state index contributed by atoms with van der Waals surface area (Å²) in [7, 11) is 10.1.